The third kappa shape index (κ3) is 7.37. The Bertz CT molecular complexity index is 1140. The summed E-state index contributed by atoms with van der Waals surface area (Å²) in [5.74, 6) is 0.695. The Hall–Kier alpha value is -3.75. The van der Waals surface area contributed by atoms with Crippen molar-refractivity contribution in [1.29, 1.82) is 0 Å². The first-order valence-corrected chi connectivity index (χ1v) is 11.0. The van der Waals surface area contributed by atoms with E-state index in [1.807, 2.05) is 24.3 Å². The van der Waals surface area contributed by atoms with Crippen molar-refractivity contribution in [2.75, 3.05) is 20.7 Å². The fourth-order valence-corrected chi connectivity index (χ4v) is 3.22. The van der Waals surface area contributed by atoms with Gasteiger partial charge in [0, 0.05) is 19.7 Å². The average molecular weight is 489 g/mol. The van der Waals surface area contributed by atoms with Gasteiger partial charge in [0.1, 0.15) is 24.3 Å². The number of aromatic nitrogens is 1. The zero-order valence-corrected chi connectivity index (χ0v) is 19.6. The van der Waals surface area contributed by atoms with Crippen LogP contribution in [0.1, 0.15) is 35.2 Å². The minimum absolute atomic E-state index is 0.0659. The van der Waals surface area contributed by atoms with Gasteiger partial charge >= 0.3 is 12.3 Å². The highest BCUT2D eigenvalue weighted by molar-refractivity contribution is 5.70. The van der Waals surface area contributed by atoms with Crippen molar-refractivity contribution in [3.05, 3.63) is 77.7 Å². The Morgan fingerprint density at radius 1 is 1.14 bits per heavy atom. The molecule has 0 unspecified atom stereocenters. The van der Waals surface area contributed by atoms with Crippen molar-refractivity contribution >= 4 is 12.2 Å². The molecule has 0 aliphatic rings. The number of amides is 1. The number of rotatable bonds is 10. The number of alkyl halides is 3. The van der Waals surface area contributed by atoms with E-state index in [2.05, 4.69) is 11.6 Å². The molecule has 35 heavy (non-hydrogen) atoms. The quantitative estimate of drug-likeness (QED) is 0.301. The van der Waals surface area contributed by atoms with Crippen molar-refractivity contribution < 1.29 is 31.9 Å². The number of oxazole rings is 1. The van der Waals surface area contributed by atoms with E-state index in [0.717, 1.165) is 37.0 Å². The van der Waals surface area contributed by atoms with Gasteiger partial charge in [0.05, 0.1) is 12.2 Å². The van der Waals surface area contributed by atoms with Crippen LogP contribution in [0.3, 0.4) is 0 Å². The Morgan fingerprint density at radius 3 is 2.54 bits per heavy atom. The van der Waals surface area contributed by atoms with Crippen LogP contribution in [0.2, 0.25) is 0 Å². The maximum atomic E-state index is 13.1. The summed E-state index contributed by atoms with van der Waals surface area (Å²) in [6.45, 7) is 4.12. The van der Waals surface area contributed by atoms with E-state index in [-0.39, 0.29) is 24.2 Å². The van der Waals surface area contributed by atoms with Gasteiger partial charge in [0.15, 0.2) is 0 Å². The number of benzene rings is 2. The first-order valence-electron chi connectivity index (χ1n) is 11.0. The molecular formula is C26H27F3N2O4. The number of hydrogen-bond donors (Lipinski definition) is 0. The molecule has 6 nitrogen and oxygen atoms in total. The summed E-state index contributed by atoms with van der Waals surface area (Å²) in [6.07, 6.45) is 0.485. The molecule has 0 aliphatic heterocycles. The van der Waals surface area contributed by atoms with Gasteiger partial charge in [0.25, 0.3) is 0 Å². The standard InChI is InChI=1S/C26H27F3N2O4/c1-4-19-10-11-20(26(27,28)29)15-23(19)24-30-21(17-35-24)16-34-22-12-8-18(9-13-22)7-5-6-14-33-25(32)31(2)3/h4,8-13,15,17H,1,5-7,14,16H2,2-3H3. The van der Waals surface area contributed by atoms with E-state index < -0.39 is 11.7 Å². The lowest BCUT2D eigenvalue weighted by Gasteiger charge is -2.10. The highest BCUT2D eigenvalue weighted by Gasteiger charge is 2.31. The van der Waals surface area contributed by atoms with Crippen molar-refractivity contribution in [1.82, 2.24) is 9.88 Å². The number of carbonyl (C=O) groups is 1. The van der Waals surface area contributed by atoms with E-state index in [0.29, 0.717) is 23.6 Å². The predicted molar refractivity (Wildman–Crippen MR) is 126 cm³/mol. The first-order chi connectivity index (χ1) is 16.7. The fraction of sp³-hybridized carbons (Fsp3) is 0.308. The first kappa shape index (κ1) is 25.9. The molecule has 9 heteroatoms. The van der Waals surface area contributed by atoms with Crippen LogP contribution in [0.4, 0.5) is 18.0 Å². The minimum atomic E-state index is -4.47. The van der Waals surface area contributed by atoms with E-state index in [4.69, 9.17) is 13.9 Å². The number of aryl methyl sites for hydroxylation is 1. The molecule has 0 saturated carbocycles. The van der Waals surface area contributed by atoms with E-state index in [1.165, 1.54) is 23.3 Å². The molecule has 0 radical (unpaired) electrons. The molecule has 0 bridgehead atoms. The number of nitrogens with zero attached hydrogens (tertiary/aromatic N) is 2. The van der Waals surface area contributed by atoms with Crippen molar-refractivity contribution in [3.63, 3.8) is 0 Å². The molecule has 1 aromatic heterocycles. The third-order valence-corrected chi connectivity index (χ3v) is 5.14. The van der Waals surface area contributed by atoms with Gasteiger partial charge in [-0.3, -0.25) is 0 Å². The molecule has 3 aromatic rings. The summed E-state index contributed by atoms with van der Waals surface area (Å²) in [5, 5.41) is 0. The molecule has 1 heterocycles. The van der Waals surface area contributed by atoms with E-state index in [9.17, 15) is 18.0 Å². The van der Waals surface area contributed by atoms with Crippen LogP contribution in [0, 0.1) is 0 Å². The molecule has 0 N–H and O–H groups in total. The molecular weight excluding hydrogens is 461 g/mol. The van der Waals surface area contributed by atoms with Crippen LogP contribution in [-0.4, -0.2) is 36.7 Å². The highest BCUT2D eigenvalue weighted by atomic mass is 19.4. The predicted octanol–water partition coefficient (Wildman–Crippen LogP) is 6.60. The second-order valence-corrected chi connectivity index (χ2v) is 8.05. The molecule has 0 atom stereocenters. The van der Waals surface area contributed by atoms with Crippen LogP contribution < -0.4 is 4.74 Å². The molecule has 0 fully saturated rings. The summed E-state index contributed by atoms with van der Waals surface area (Å²) < 4.78 is 55.6. The maximum absolute atomic E-state index is 13.1. The molecule has 0 spiro atoms. The number of unbranched alkanes of at least 4 members (excludes halogenated alkanes) is 1. The summed E-state index contributed by atoms with van der Waals surface area (Å²) in [5.41, 5.74) is 1.48. The molecule has 0 aliphatic carbocycles. The van der Waals surface area contributed by atoms with Gasteiger partial charge in [0.2, 0.25) is 5.89 Å². The van der Waals surface area contributed by atoms with Gasteiger partial charge in [-0.15, -0.1) is 0 Å². The van der Waals surface area contributed by atoms with Gasteiger partial charge in [-0.1, -0.05) is 30.9 Å². The van der Waals surface area contributed by atoms with Crippen LogP contribution in [0.25, 0.3) is 17.5 Å². The third-order valence-electron chi connectivity index (χ3n) is 5.14. The normalized spacial score (nSPS) is 11.2. The van der Waals surface area contributed by atoms with Crippen molar-refractivity contribution in [2.45, 2.75) is 32.0 Å². The van der Waals surface area contributed by atoms with Gasteiger partial charge < -0.3 is 18.8 Å². The van der Waals surface area contributed by atoms with E-state index in [1.54, 1.807) is 14.1 Å². The van der Waals surface area contributed by atoms with Gasteiger partial charge in [-0.05, 0) is 54.7 Å². The maximum Gasteiger partial charge on any atom is 0.416 e. The molecule has 1 amide bonds. The Morgan fingerprint density at radius 2 is 1.89 bits per heavy atom. The lowest BCUT2D eigenvalue weighted by atomic mass is 10.0. The van der Waals surface area contributed by atoms with Crippen LogP contribution in [-0.2, 0) is 23.9 Å². The zero-order valence-electron chi connectivity index (χ0n) is 19.6. The summed E-state index contributed by atoms with van der Waals surface area (Å²) in [4.78, 5) is 17.0. The monoisotopic (exact) mass is 488 g/mol. The SMILES string of the molecule is C=Cc1ccc(C(F)(F)F)cc1-c1nc(COc2ccc(CCCCOC(=O)N(C)C)cc2)co1. The Kier molecular flexibility index (Phi) is 8.57. The zero-order chi connectivity index (χ0) is 25.4. The van der Waals surface area contributed by atoms with Crippen molar-refractivity contribution in [2.24, 2.45) is 0 Å². The molecule has 0 saturated heterocycles. The second-order valence-electron chi connectivity index (χ2n) is 8.05. The molecule has 3 rings (SSSR count). The smallest absolute Gasteiger partial charge is 0.416 e. The van der Waals surface area contributed by atoms with Crippen LogP contribution in [0.5, 0.6) is 5.75 Å². The van der Waals surface area contributed by atoms with Crippen LogP contribution >= 0.6 is 0 Å². The summed E-state index contributed by atoms with van der Waals surface area (Å²) in [7, 11) is 3.28. The number of ether oxygens (including phenoxy) is 2. The van der Waals surface area contributed by atoms with Crippen LogP contribution in [0.15, 0.2) is 59.7 Å². The summed E-state index contributed by atoms with van der Waals surface area (Å²) in [6, 6.07) is 10.9. The lowest BCUT2D eigenvalue weighted by molar-refractivity contribution is -0.137. The second kappa shape index (κ2) is 11.6. The van der Waals surface area contributed by atoms with Crippen molar-refractivity contribution in [3.8, 4) is 17.2 Å². The number of halogens is 3. The topological polar surface area (TPSA) is 64.8 Å². The van der Waals surface area contributed by atoms with Gasteiger partial charge in [-0.2, -0.15) is 13.2 Å². The molecule has 186 valence electrons. The minimum Gasteiger partial charge on any atom is -0.487 e. The van der Waals surface area contributed by atoms with E-state index >= 15 is 0 Å². The fourth-order valence-electron chi connectivity index (χ4n) is 3.22. The Balaban J connectivity index is 1.52. The van der Waals surface area contributed by atoms with Gasteiger partial charge in [-0.25, -0.2) is 9.78 Å². The average Bonchev–Trinajstić information content (AvgIpc) is 3.31. The summed E-state index contributed by atoms with van der Waals surface area (Å²) >= 11 is 0. The number of hydrogen-bond acceptors (Lipinski definition) is 5. The highest BCUT2D eigenvalue weighted by Crippen LogP contribution is 2.34. The lowest BCUT2D eigenvalue weighted by Crippen LogP contribution is -2.23. The Labute approximate surface area is 202 Å². The number of carbonyl (C=O) groups excluding carboxylic acids is 1. The molecule has 2 aromatic carbocycles. The largest absolute Gasteiger partial charge is 0.487 e.